The van der Waals surface area contributed by atoms with Gasteiger partial charge in [-0.2, -0.15) is 5.10 Å². The summed E-state index contributed by atoms with van der Waals surface area (Å²) in [4.78, 5) is 11.2. The van der Waals surface area contributed by atoms with Gasteiger partial charge >= 0.3 is 5.97 Å². The van der Waals surface area contributed by atoms with E-state index in [0.717, 1.165) is 23.1 Å². The van der Waals surface area contributed by atoms with Crippen molar-refractivity contribution in [2.45, 2.75) is 39.9 Å². The molecule has 0 aliphatic heterocycles. The van der Waals surface area contributed by atoms with Crippen LogP contribution in [0.2, 0.25) is 0 Å². The SMILES string of the molecule is CCn1nc(CN[C@@H](C(=O)O)C(C)C)c2ccccc21. The number of hydrogen-bond donors (Lipinski definition) is 2. The van der Waals surface area contributed by atoms with E-state index < -0.39 is 12.0 Å². The molecule has 5 heteroatoms. The lowest BCUT2D eigenvalue weighted by Gasteiger charge is -2.17. The Balaban J connectivity index is 2.24. The molecule has 0 aliphatic rings. The predicted octanol–water partition coefficient (Wildman–Crippen LogP) is 2.25. The molecule has 0 saturated carbocycles. The van der Waals surface area contributed by atoms with E-state index >= 15 is 0 Å². The minimum absolute atomic E-state index is 0.0343. The average molecular weight is 275 g/mol. The number of nitrogens with zero attached hydrogens (tertiary/aromatic N) is 2. The molecule has 1 atom stereocenters. The van der Waals surface area contributed by atoms with E-state index in [0.29, 0.717) is 6.54 Å². The molecule has 5 nitrogen and oxygen atoms in total. The number of carboxylic acids is 1. The van der Waals surface area contributed by atoms with Gasteiger partial charge in [0, 0.05) is 18.5 Å². The van der Waals surface area contributed by atoms with E-state index in [9.17, 15) is 9.90 Å². The van der Waals surface area contributed by atoms with Crippen molar-refractivity contribution in [1.29, 1.82) is 0 Å². The van der Waals surface area contributed by atoms with Gasteiger partial charge in [-0.1, -0.05) is 32.0 Å². The van der Waals surface area contributed by atoms with Crippen molar-refractivity contribution >= 4 is 16.9 Å². The first-order chi connectivity index (χ1) is 9.54. The second-order valence-electron chi connectivity index (χ2n) is 5.22. The highest BCUT2D eigenvalue weighted by molar-refractivity contribution is 5.82. The number of nitrogens with one attached hydrogen (secondary N) is 1. The predicted molar refractivity (Wildman–Crippen MR) is 78.5 cm³/mol. The monoisotopic (exact) mass is 275 g/mol. The van der Waals surface area contributed by atoms with E-state index in [1.165, 1.54) is 0 Å². The summed E-state index contributed by atoms with van der Waals surface area (Å²) in [5.74, 6) is -0.786. The highest BCUT2D eigenvalue weighted by Gasteiger charge is 2.21. The topological polar surface area (TPSA) is 67.2 Å². The fraction of sp³-hybridized carbons (Fsp3) is 0.467. The van der Waals surface area contributed by atoms with Crippen LogP contribution in [0.3, 0.4) is 0 Å². The molecule has 1 aromatic carbocycles. The molecular weight excluding hydrogens is 254 g/mol. The van der Waals surface area contributed by atoms with Crippen LogP contribution in [0.5, 0.6) is 0 Å². The molecule has 0 bridgehead atoms. The normalized spacial score (nSPS) is 13.0. The largest absolute Gasteiger partial charge is 0.480 e. The summed E-state index contributed by atoms with van der Waals surface area (Å²) in [6, 6.07) is 7.47. The molecular formula is C15H21N3O2. The Morgan fingerprint density at radius 2 is 2.10 bits per heavy atom. The summed E-state index contributed by atoms with van der Waals surface area (Å²) < 4.78 is 1.94. The van der Waals surface area contributed by atoms with Gasteiger partial charge in [0.05, 0.1) is 11.2 Å². The van der Waals surface area contributed by atoms with E-state index in [2.05, 4.69) is 10.4 Å². The number of hydrogen-bond acceptors (Lipinski definition) is 3. The fourth-order valence-electron chi connectivity index (χ4n) is 2.38. The first-order valence-corrected chi connectivity index (χ1v) is 6.95. The number of aryl methyl sites for hydroxylation is 1. The second-order valence-corrected chi connectivity index (χ2v) is 5.22. The standard InChI is InChI=1S/C15H21N3O2/c1-4-18-13-8-6-5-7-11(13)12(17-18)9-16-14(10(2)3)15(19)20/h5-8,10,14,16H,4,9H2,1-3H3,(H,19,20)/t14-/m1/s1. The summed E-state index contributed by atoms with van der Waals surface area (Å²) in [5.41, 5.74) is 1.98. The molecule has 0 amide bonds. The Labute approximate surface area is 118 Å². The maximum absolute atomic E-state index is 11.2. The second kappa shape index (κ2) is 6.05. The smallest absolute Gasteiger partial charge is 0.320 e. The molecule has 2 N–H and O–H groups in total. The average Bonchev–Trinajstić information content (AvgIpc) is 2.77. The van der Waals surface area contributed by atoms with Gasteiger partial charge in [-0.3, -0.25) is 14.8 Å². The molecule has 0 spiro atoms. The van der Waals surface area contributed by atoms with Gasteiger partial charge in [0.15, 0.2) is 0 Å². The molecule has 1 aromatic heterocycles. The summed E-state index contributed by atoms with van der Waals surface area (Å²) in [6.45, 7) is 7.10. The van der Waals surface area contributed by atoms with Crippen molar-refractivity contribution in [2.24, 2.45) is 5.92 Å². The molecule has 2 rings (SSSR count). The van der Waals surface area contributed by atoms with Crippen molar-refractivity contribution in [3.05, 3.63) is 30.0 Å². The first-order valence-electron chi connectivity index (χ1n) is 6.95. The molecule has 0 unspecified atom stereocenters. The van der Waals surface area contributed by atoms with Gasteiger partial charge in [0.25, 0.3) is 0 Å². The third-order valence-corrected chi connectivity index (χ3v) is 3.46. The number of para-hydroxylation sites is 1. The van der Waals surface area contributed by atoms with E-state index in [-0.39, 0.29) is 5.92 Å². The quantitative estimate of drug-likeness (QED) is 0.848. The maximum atomic E-state index is 11.2. The number of rotatable bonds is 6. The molecule has 0 aliphatic carbocycles. The van der Waals surface area contributed by atoms with Crippen LogP contribution in [0.15, 0.2) is 24.3 Å². The summed E-state index contributed by atoms with van der Waals surface area (Å²) >= 11 is 0. The van der Waals surface area contributed by atoms with Crippen LogP contribution < -0.4 is 5.32 Å². The van der Waals surface area contributed by atoms with Gasteiger partial charge in [-0.05, 0) is 18.9 Å². The van der Waals surface area contributed by atoms with Crippen LogP contribution in [0.4, 0.5) is 0 Å². The van der Waals surface area contributed by atoms with Crippen molar-refractivity contribution in [1.82, 2.24) is 15.1 Å². The minimum atomic E-state index is -0.820. The van der Waals surface area contributed by atoms with Crippen LogP contribution in [0.25, 0.3) is 10.9 Å². The number of aromatic nitrogens is 2. The minimum Gasteiger partial charge on any atom is -0.480 e. The van der Waals surface area contributed by atoms with Gasteiger partial charge in [-0.25, -0.2) is 0 Å². The van der Waals surface area contributed by atoms with Crippen LogP contribution in [0, 0.1) is 5.92 Å². The lowest BCUT2D eigenvalue weighted by molar-refractivity contribution is -0.140. The van der Waals surface area contributed by atoms with Gasteiger partial charge in [-0.15, -0.1) is 0 Å². The zero-order valence-corrected chi connectivity index (χ0v) is 12.1. The molecule has 0 fully saturated rings. The zero-order valence-electron chi connectivity index (χ0n) is 12.1. The maximum Gasteiger partial charge on any atom is 0.320 e. The number of fused-ring (bicyclic) bond motifs is 1. The third kappa shape index (κ3) is 2.82. The molecule has 20 heavy (non-hydrogen) atoms. The number of carbonyl (C=O) groups is 1. The lowest BCUT2D eigenvalue weighted by atomic mass is 10.0. The van der Waals surface area contributed by atoms with Gasteiger partial charge in [0.1, 0.15) is 6.04 Å². The fourth-order valence-corrected chi connectivity index (χ4v) is 2.38. The summed E-state index contributed by atoms with van der Waals surface area (Å²) in [5, 5.41) is 17.9. The molecule has 2 aromatic rings. The Morgan fingerprint density at radius 1 is 1.40 bits per heavy atom. The molecule has 0 radical (unpaired) electrons. The van der Waals surface area contributed by atoms with E-state index in [4.69, 9.17) is 0 Å². The first kappa shape index (κ1) is 14.5. The van der Waals surface area contributed by atoms with Crippen LogP contribution in [-0.4, -0.2) is 26.9 Å². The van der Waals surface area contributed by atoms with Crippen LogP contribution in [0.1, 0.15) is 26.5 Å². The number of carboxylic acid groups (broad SMARTS) is 1. The Kier molecular flexibility index (Phi) is 4.39. The third-order valence-electron chi connectivity index (χ3n) is 3.46. The highest BCUT2D eigenvalue weighted by atomic mass is 16.4. The molecule has 108 valence electrons. The molecule has 1 heterocycles. The van der Waals surface area contributed by atoms with Crippen molar-refractivity contribution in [2.75, 3.05) is 0 Å². The van der Waals surface area contributed by atoms with Crippen molar-refractivity contribution < 1.29 is 9.90 Å². The van der Waals surface area contributed by atoms with E-state index in [1.54, 1.807) is 0 Å². The Morgan fingerprint density at radius 3 is 2.70 bits per heavy atom. The Hall–Kier alpha value is -1.88. The summed E-state index contributed by atoms with van der Waals surface area (Å²) in [7, 11) is 0. The lowest BCUT2D eigenvalue weighted by Crippen LogP contribution is -2.40. The number of aliphatic carboxylic acids is 1. The van der Waals surface area contributed by atoms with Crippen LogP contribution in [-0.2, 0) is 17.9 Å². The highest BCUT2D eigenvalue weighted by Crippen LogP contribution is 2.18. The van der Waals surface area contributed by atoms with E-state index in [1.807, 2.05) is 49.7 Å². The zero-order chi connectivity index (χ0) is 14.7. The van der Waals surface area contributed by atoms with Crippen LogP contribution >= 0.6 is 0 Å². The van der Waals surface area contributed by atoms with Gasteiger partial charge in [0.2, 0.25) is 0 Å². The van der Waals surface area contributed by atoms with Crippen molar-refractivity contribution in [3.63, 3.8) is 0 Å². The van der Waals surface area contributed by atoms with Gasteiger partial charge < -0.3 is 5.11 Å². The Bertz CT molecular complexity index is 604. The number of benzene rings is 1. The molecule has 0 saturated heterocycles. The summed E-state index contributed by atoms with van der Waals surface area (Å²) in [6.07, 6.45) is 0. The van der Waals surface area contributed by atoms with Crippen molar-refractivity contribution in [3.8, 4) is 0 Å².